The van der Waals surface area contributed by atoms with Gasteiger partial charge in [-0.2, -0.15) is 0 Å². The van der Waals surface area contributed by atoms with E-state index in [1.165, 1.54) is 21.8 Å². The Bertz CT molecular complexity index is 1540. The SMILES string of the molecule is COc1cc(/C=c2/sc3nc4ccccc4n3c2=O)ccc1OCCSc1ccc(C)cc1. The Labute approximate surface area is 199 Å². The first-order valence-electron chi connectivity index (χ1n) is 10.5. The number of imidazole rings is 1. The molecular weight excluding hydrogens is 452 g/mol. The van der Waals surface area contributed by atoms with E-state index in [2.05, 4.69) is 36.2 Å². The maximum atomic E-state index is 13.0. The molecular formula is C26H22N2O3S2. The molecule has 0 amide bonds. The second kappa shape index (κ2) is 9.29. The topological polar surface area (TPSA) is 52.8 Å². The van der Waals surface area contributed by atoms with Gasteiger partial charge in [0.2, 0.25) is 0 Å². The maximum Gasteiger partial charge on any atom is 0.274 e. The number of aryl methyl sites for hydroxylation is 1. The van der Waals surface area contributed by atoms with Crippen LogP contribution in [-0.4, -0.2) is 28.9 Å². The van der Waals surface area contributed by atoms with Crippen LogP contribution in [0.15, 0.2) is 76.4 Å². The molecule has 5 aromatic rings. The fourth-order valence-electron chi connectivity index (χ4n) is 3.60. The number of para-hydroxylation sites is 2. The molecule has 0 atom stereocenters. The molecule has 0 unspecified atom stereocenters. The van der Waals surface area contributed by atoms with Gasteiger partial charge in [0.15, 0.2) is 16.5 Å². The number of hydrogen-bond acceptors (Lipinski definition) is 6. The maximum absolute atomic E-state index is 13.0. The molecule has 33 heavy (non-hydrogen) atoms. The predicted molar refractivity (Wildman–Crippen MR) is 136 cm³/mol. The van der Waals surface area contributed by atoms with Crippen molar-refractivity contribution in [2.24, 2.45) is 0 Å². The Morgan fingerprint density at radius 1 is 1.06 bits per heavy atom. The Morgan fingerprint density at radius 3 is 2.70 bits per heavy atom. The third kappa shape index (κ3) is 4.47. The molecule has 0 spiro atoms. The lowest BCUT2D eigenvalue weighted by atomic mass is 10.2. The number of aromatic nitrogens is 2. The summed E-state index contributed by atoms with van der Waals surface area (Å²) in [6.45, 7) is 2.65. The van der Waals surface area contributed by atoms with Crippen LogP contribution in [0.2, 0.25) is 0 Å². The second-order valence-electron chi connectivity index (χ2n) is 7.55. The molecule has 2 heterocycles. The Balaban J connectivity index is 1.33. The summed E-state index contributed by atoms with van der Waals surface area (Å²) in [6, 6.07) is 21.9. The van der Waals surface area contributed by atoms with Crippen molar-refractivity contribution < 1.29 is 9.47 Å². The van der Waals surface area contributed by atoms with Gasteiger partial charge in [-0.25, -0.2) is 9.38 Å². The Hall–Kier alpha value is -3.29. The second-order valence-corrected chi connectivity index (χ2v) is 9.73. The zero-order valence-electron chi connectivity index (χ0n) is 18.3. The third-order valence-corrected chi connectivity index (χ3v) is 7.21. The van der Waals surface area contributed by atoms with Crippen LogP contribution >= 0.6 is 23.1 Å². The van der Waals surface area contributed by atoms with Crippen LogP contribution in [0, 0.1) is 6.92 Å². The van der Waals surface area contributed by atoms with Crippen molar-refractivity contribution in [3.8, 4) is 11.5 Å². The van der Waals surface area contributed by atoms with Gasteiger partial charge in [-0.1, -0.05) is 47.2 Å². The van der Waals surface area contributed by atoms with Crippen LogP contribution < -0.4 is 19.6 Å². The number of fused-ring (bicyclic) bond motifs is 3. The molecule has 5 nitrogen and oxygen atoms in total. The molecule has 0 aliphatic carbocycles. The lowest BCUT2D eigenvalue weighted by Gasteiger charge is -2.11. The molecule has 166 valence electrons. The van der Waals surface area contributed by atoms with E-state index < -0.39 is 0 Å². The molecule has 0 fully saturated rings. The van der Waals surface area contributed by atoms with Gasteiger partial charge in [0.25, 0.3) is 5.56 Å². The van der Waals surface area contributed by atoms with Crippen LogP contribution in [0.3, 0.4) is 0 Å². The van der Waals surface area contributed by atoms with Crippen molar-refractivity contribution in [2.45, 2.75) is 11.8 Å². The number of thioether (sulfide) groups is 1. The lowest BCUT2D eigenvalue weighted by Crippen LogP contribution is -2.22. The molecule has 7 heteroatoms. The summed E-state index contributed by atoms with van der Waals surface area (Å²) >= 11 is 3.14. The monoisotopic (exact) mass is 474 g/mol. The summed E-state index contributed by atoms with van der Waals surface area (Å²) in [4.78, 5) is 19.5. The highest BCUT2D eigenvalue weighted by molar-refractivity contribution is 7.99. The average molecular weight is 475 g/mol. The standard InChI is InChI=1S/C26H22N2O3S2/c1-17-7-10-19(11-8-17)32-14-13-31-22-12-9-18(15-23(22)30-2)16-24-25(29)28-21-6-4-3-5-20(21)27-26(28)33-24/h3-12,15-16H,13-14H2,1-2H3/b24-16+. The van der Waals surface area contributed by atoms with Crippen molar-refractivity contribution in [3.63, 3.8) is 0 Å². The molecule has 3 aromatic carbocycles. The van der Waals surface area contributed by atoms with E-state index in [0.29, 0.717) is 27.6 Å². The summed E-state index contributed by atoms with van der Waals surface area (Å²) in [7, 11) is 1.62. The van der Waals surface area contributed by atoms with E-state index in [1.807, 2.05) is 48.5 Å². The van der Waals surface area contributed by atoms with E-state index in [0.717, 1.165) is 22.3 Å². The van der Waals surface area contributed by atoms with Gasteiger partial charge >= 0.3 is 0 Å². The van der Waals surface area contributed by atoms with Gasteiger partial charge < -0.3 is 9.47 Å². The first kappa shape index (κ1) is 21.6. The van der Waals surface area contributed by atoms with Crippen molar-refractivity contribution in [1.29, 1.82) is 0 Å². The van der Waals surface area contributed by atoms with Crippen LogP contribution in [-0.2, 0) is 0 Å². The molecule has 0 N–H and O–H groups in total. The van der Waals surface area contributed by atoms with E-state index >= 15 is 0 Å². The minimum Gasteiger partial charge on any atom is -0.493 e. The number of ether oxygens (including phenoxy) is 2. The van der Waals surface area contributed by atoms with Crippen molar-refractivity contribution in [1.82, 2.24) is 9.38 Å². The number of rotatable bonds is 7. The minimum atomic E-state index is -0.0591. The number of thiazole rings is 1. The first-order chi connectivity index (χ1) is 16.1. The van der Waals surface area contributed by atoms with Gasteiger partial charge in [0.1, 0.15) is 0 Å². The van der Waals surface area contributed by atoms with Crippen molar-refractivity contribution in [2.75, 3.05) is 19.5 Å². The van der Waals surface area contributed by atoms with Gasteiger partial charge in [0.05, 0.1) is 29.3 Å². The minimum absolute atomic E-state index is 0.0591. The molecule has 0 saturated heterocycles. The normalized spacial score (nSPS) is 12.0. The van der Waals surface area contributed by atoms with E-state index in [1.54, 1.807) is 23.3 Å². The summed E-state index contributed by atoms with van der Waals surface area (Å²) in [5.41, 5.74) is 3.73. The average Bonchev–Trinajstić information content (AvgIpc) is 3.34. The van der Waals surface area contributed by atoms with Gasteiger partial charge in [-0.05, 0) is 55.0 Å². The van der Waals surface area contributed by atoms with Gasteiger partial charge in [-0.15, -0.1) is 11.8 Å². The third-order valence-electron chi connectivity index (χ3n) is 5.26. The molecule has 2 aromatic heterocycles. The van der Waals surface area contributed by atoms with Gasteiger partial charge in [-0.3, -0.25) is 4.79 Å². The van der Waals surface area contributed by atoms with Crippen LogP contribution in [0.4, 0.5) is 0 Å². The highest BCUT2D eigenvalue weighted by atomic mass is 32.2. The number of benzene rings is 3. The zero-order chi connectivity index (χ0) is 22.8. The Morgan fingerprint density at radius 2 is 1.88 bits per heavy atom. The molecule has 0 saturated carbocycles. The van der Waals surface area contributed by atoms with Crippen molar-refractivity contribution in [3.05, 3.63) is 92.7 Å². The van der Waals surface area contributed by atoms with E-state index in [-0.39, 0.29) is 5.56 Å². The molecule has 0 radical (unpaired) electrons. The summed E-state index contributed by atoms with van der Waals surface area (Å²) in [5.74, 6) is 2.17. The van der Waals surface area contributed by atoms with E-state index in [4.69, 9.17) is 9.47 Å². The number of methoxy groups -OCH3 is 1. The zero-order valence-corrected chi connectivity index (χ0v) is 19.9. The first-order valence-corrected chi connectivity index (χ1v) is 12.3. The quantitative estimate of drug-likeness (QED) is 0.247. The molecule has 0 bridgehead atoms. The lowest BCUT2D eigenvalue weighted by molar-refractivity contribution is 0.313. The summed E-state index contributed by atoms with van der Waals surface area (Å²) < 4.78 is 13.8. The van der Waals surface area contributed by atoms with Crippen molar-refractivity contribution >= 4 is 45.2 Å². The van der Waals surface area contributed by atoms with Gasteiger partial charge in [0, 0.05) is 10.6 Å². The predicted octanol–water partition coefficient (Wildman–Crippen LogP) is 4.95. The van der Waals surface area contributed by atoms with Crippen LogP contribution in [0.5, 0.6) is 11.5 Å². The largest absolute Gasteiger partial charge is 0.493 e. The van der Waals surface area contributed by atoms with Crippen LogP contribution in [0.25, 0.3) is 22.1 Å². The summed E-state index contributed by atoms with van der Waals surface area (Å²) in [5, 5.41) is 0. The fourth-order valence-corrected chi connectivity index (χ4v) is 5.32. The molecule has 5 rings (SSSR count). The highest BCUT2D eigenvalue weighted by Crippen LogP contribution is 2.29. The molecule has 0 aliphatic rings. The molecule has 0 aliphatic heterocycles. The smallest absolute Gasteiger partial charge is 0.274 e. The van der Waals surface area contributed by atoms with E-state index in [9.17, 15) is 4.79 Å². The van der Waals surface area contributed by atoms with Crippen LogP contribution in [0.1, 0.15) is 11.1 Å². The highest BCUT2D eigenvalue weighted by Gasteiger charge is 2.11. The Kier molecular flexibility index (Phi) is 6.07. The number of nitrogens with zero attached hydrogens (tertiary/aromatic N) is 2. The number of hydrogen-bond donors (Lipinski definition) is 0. The summed E-state index contributed by atoms with van der Waals surface area (Å²) in [6.07, 6.45) is 1.87. The fraction of sp³-hybridized carbons (Fsp3) is 0.154.